The second-order valence-electron chi connectivity index (χ2n) is 6.56. The molecule has 1 heterocycles. The average molecular weight is 252 g/mol. The van der Waals surface area contributed by atoms with Crippen molar-refractivity contribution in [1.29, 1.82) is 0 Å². The van der Waals surface area contributed by atoms with Crippen LogP contribution in [0.15, 0.2) is 0 Å². The topological polar surface area (TPSA) is 15.3 Å². The van der Waals surface area contributed by atoms with Gasteiger partial charge in [-0.2, -0.15) is 0 Å². The zero-order chi connectivity index (χ0) is 13.0. The smallest absolute Gasteiger partial charge is 0.0220 e. The third kappa shape index (κ3) is 3.08. The van der Waals surface area contributed by atoms with Gasteiger partial charge in [0.25, 0.3) is 0 Å². The van der Waals surface area contributed by atoms with E-state index in [2.05, 4.69) is 31.0 Å². The molecule has 0 bridgehead atoms. The SMILES string of the molecule is CCNC(CC)C(C)N1CCC2(CCCC2)CC1. The van der Waals surface area contributed by atoms with E-state index in [-0.39, 0.29) is 0 Å². The van der Waals surface area contributed by atoms with Crippen molar-refractivity contribution in [3.05, 3.63) is 0 Å². The van der Waals surface area contributed by atoms with E-state index < -0.39 is 0 Å². The molecule has 0 amide bonds. The minimum atomic E-state index is 0.674. The van der Waals surface area contributed by atoms with Crippen molar-refractivity contribution in [2.45, 2.75) is 77.8 Å². The first-order valence-corrected chi connectivity index (χ1v) is 8.18. The van der Waals surface area contributed by atoms with E-state index in [0.717, 1.165) is 12.0 Å². The Bertz CT molecular complexity index is 235. The Balaban J connectivity index is 1.84. The Morgan fingerprint density at radius 2 is 1.67 bits per heavy atom. The molecule has 2 unspecified atom stereocenters. The predicted octanol–water partition coefficient (Wildman–Crippen LogP) is 3.42. The van der Waals surface area contributed by atoms with Crippen molar-refractivity contribution in [3.63, 3.8) is 0 Å². The number of nitrogens with one attached hydrogen (secondary N) is 1. The molecule has 1 spiro atoms. The number of piperidine rings is 1. The monoisotopic (exact) mass is 252 g/mol. The summed E-state index contributed by atoms with van der Waals surface area (Å²) in [4.78, 5) is 2.74. The summed E-state index contributed by atoms with van der Waals surface area (Å²) in [5.41, 5.74) is 0.760. The van der Waals surface area contributed by atoms with Crippen molar-refractivity contribution >= 4 is 0 Å². The highest BCUT2D eigenvalue weighted by Crippen LogP contribution is 2.46. The highest BCUT2D eigenvalue weighted by molar-refractivity contribution is 4.92. The summed E-state index contributed by atoms with van der Waals surface area (Å²) >= 11 is 0. The summed E-state index contributed by atoms with van der Waals surface area (Å²) in [6.07, 6.45) is 10.2. The number of nitrogens with zero attached hydrogens (tertiary/aromatic N) is 1. The largest absolute Gasteiger partial charge is 0.313 e. The molecule has 2 atom stereocenters. The normalized spacial score (nSPS) is 27.5. The van der Waals surface area contributed by atoms with Crippen LogP contribution in [0.1, 0.15) is 65.7 Å². The van der Waals surface area contributed by atoms with Crippen LogP contribution in [0.4, 0.5) is 0 Å². The van der Waals surface area contributed by atoms with Crippen LogP contribution in [0.2, 0.25) is 0 Å². The van der Waals surface area contributed by atoms with Gasteiger partial charge in [-0.15, -0.1) is 0 Å². The molecule has 1 N–H and O–H groups in total. The fourth-order valence-corrected chi connectivity index (χ4v) is 4.20. The van der Waals surface area contributed by atoms with Gasteiger partial charge >= 0.3 is 0 Å². The van der Waals surface area contributed by atoms with E-state index in [4.69, 9.17) is 0 Å². The second-order valence-corrected chi connectivity index (χ2v) is 6.56. The first-order chi connectivity index (χ1) is 8.71. The lowest BCUT2D eigenvalue weighted by atomic mass is 9.76. The van der Waals surface area contributed by atoms with Gasteiger partial charge in [0.2, 0.25) is 0 Å². The first-order valence-electron chi connectivity index (χ1n) is 8.18. The van der Waals surface area contributed by atoms with E-state index in [1.54, 1.807) is 0 Å². The summed E-state index contributed by atoms with van der Waals surface area (Å²) in [7, 11) is 0. The number of hydrogen-bond acceptors (Lipinski definition) is 2. The van der Waals surface area contributed by atoms with Crippen molar-refractivity contribution in [2.24, 2.45) is 5.41 Å². The zero-order valence-electron chi connectivity index (χ0n) is 12.7. The molecule has 106 valence electrons. The van der Waals surface area contributed by atoms with Gasteiger partial charge < -0.3 is 5.32 Å². The van der Waals surface area contributed by atoms with E-state index in [1.165, 1.54) is 58.0 Å². The van der Waals surface area contributed by atoms with Gasteiger partial charge in [-0.25, -0.2) is 0 Å². The summed E-state index contributed by atoms with van der Waals surface area (Å²) < 4.78 is 0. The molecule has 0 radical (unpaired) electrons. The Hall–Kier alpha value is -0.0800. The molecule has 2 fully saturated rings. The Kier molecular flexibility index (Phi) is 5.08. The molecule has 1 saturated heterocycles. The molecule has 1 aliphatic heterocycles. The molecular weight excluding hydrogens is 220 g/mol. The highest BCUT2D eigenvalue weighted by Gasteiger charge is 2.38. The molecule has 18 heavy (non-hydrogen) atoms. The van der Waals surface area contributed by atoms with Crippen LogP contribution < -0.4 is 5.32 Å². The molecule has 0 aromatic rings. The fourth-order valence-electron chi connectivity index (χ4n) is 4.20. The highest BCUT2D eigenvalue weighted by atomic mass is 15.2. The van der Waals surface area contributed by atoms with Crippen molar-refractivity contribution in [1.82, 2.24) is 10.2 Å². The summed E-state index contributed by atoms with van der Waals surface area (Å²) in [5, 5.41) is 3.65. The van der Waals surface area contributed by atoms with Crippen LogP contribution in [-0.4, -0.2) is 36.6 Å². The summed E-state index contributed by atoms with van der Waals surface area (Å²) in [6.45, 7) is 10.7. The minimum absolute atomic E-state index is 0.674. The van der Waals surface area contributed by atoms with E-state index in [9.17, 15) is 0 Å². The van der Waals surface area contributed by atoms with Crippen molar-refractivity contribution < 1.29 is 0 Å². The molecule has 2 aliphatic rings. The number of hydrogen-bond donors (Lipinski definition) is 1. The molecule has 2 heteroatoms. The van der Waals surface area contributed by atoms with Crippen LogP contribution in [0, 0.1) is 5.41 Å². The van der Waals surface area contributed by atoms with Crippen LogP contribution in [0.3, 0.4) is 0 Å². The predicted molar refractivity (Wildman–Crippen MR) is 78.9 cm³/mol. The van der Waals surface area contributed by atoms with Crippen LogP contribution in [0.25, 0.3) is 0 Å². The third-order valence-corrected chi connectivity index (χ3v) is 5.59. The van der Waals surface area contributed by atoms with E-state index >= 15 is 0 Å². The maximum Gasteiger partial charge on any atom is 0.0220 e. The maximum atomic E-state index is 3.65. The van der Waals surface area contributed by atoms with Gasteiger partial charge in [-0.05, 0) is 64.1 Å². The lowest BCUT2D eigenvalue weighted by Gasteiger charge is -2.44. The second kappa shape index (κ2) is 6.38. The lowest BCUT2D eigenvalue weighted by Crippen LogP contribution is -2.52. The fraction of sp³-hybridized carbons (Fsp3) is 1.00. The van der Waals surface area contributed by atoms with Crippen molar-refractivity contribution in [3.8, 4) is 0 Å². The molecule has 0 aromatic carbocycles. The first kappa shape index (κ1) is 14.3. The van der Waals surface area contributed by atoms with Crippen LogP contribution >= 0.6 is 0 Å². The van der Waals surface area contributed by atoms with Crippen LogP contribution in [-0.2, 0) is 0 Å². The standard InChI is InChI=1S/C16H32N2/c1-4-15(17-5-2)14(3)18-12-10-16(11-13-18)8-6-7-9-16/h14-15,17H,4-13H2,1-3H3. The Morgan fingerprint density at radius 3 is 2.17 bits per heavy atom. The summed E-state index contributed by atoms with van der Waals surface area (Å²) in [6, 6.07) is 1.38. The van der Waals surface area contributed by atoms with E-state index in [0.29, 0.717) is 12.1 Å². The molecule has 0 aromatic heterocycles. The number of likely N-dealkylation sites (N-methyl/N-ethyl adjacent to an activating group) is 1. The van der Waals surface area contributed by atoms with Gasteiger partial charge in [0.15, 0.2) is 0 Å². The minimum Gasteiger partial charge on any atom is -0.313 e. The zero-order valence-corrected chi connectivity index (χ0v) is 12.7. The quantitative estimate of drug-likeness (QED) is 0.806. The van der Waals surface area contributed by atoms with Crippen molar-refractivity contribution in [2.75, 3.05) is 19.6 Å². The molecule has 1 saturated carbocycles. The third-order valence-electron chi connectivity index (χ3n) is 5.59. The number of likely N-dealkylation sites (tertiary alicyclic amines) is 1. The van der Waals surface area contributed by atoms with Gasteiger partial charge in [0.05, 0.1) is 0 Å². The number of rotatable bonds is 5. The lowest BCUT2D eigenvalue weighted by molar-refractivity contribution is 0.0669. The van der Waals surface area contributed by atoms with Gasteiger partial charge in [0.1, 0.15) is 0 Å². The molecular formula is C16H32N2. The molecule has 2 nitrogen and oxygen atoms in total. The molecule has 1 aliphatic carbocycles. The van der Waals surface area contributed by atoms with Gasteiger partial charge in [0, 0.05) is 12.1 Å². The molecule has 2 rings (SSSR count). The maximum absolute atomic E-state index is 3.65. The van der Waals surface area contributed by atoms with Gasteiger partial charge in [-0.3, -0.25) is 4.90 Å². The van der Waals surface area contributed by atoms with Gasteiger partial charge in [-0.1, -0.05) is 26.7 Å². The van der Waals surface area contributed by atoms with E-state index in [1.807, 2.05) is 0 Å². The summed E-state index contributed by atoms with van der Waals surface area (Å²) in [5.74, 6) is 0. The average Bonchev–Trinajstić information content (AvgIpc) is 2.84. The Morgan fingerprint density at radius 1 is 1.06 bits per heavy atom. The van der Waals surface area contributed by atoms with Crippen LogP contribution in [0.5, 0.6) is 0 Å². The Labute approximate surface area is 114 Å².